The molecule has 0 radical (unpaired) electrons. The Morgan fingerprint density at radius 3 is 2.62 bits per heavy atom. The van der Waals surface area contributed by atoms with Crippen LogP contribution in [0.3, 0.4) is 0 Å². The Hall–Kier alpha value is -1.27. The van der Waals surface area contributed by atoms with Crippen LogP contribution in [-0.2, 0) is 0 Å². The van der Waals surface area contributed by atoms with Crippen LogP contribution in [0.1, 0.15) is 30.9 Å². The average Bonchev–Trinajstić information content (AvgIpc) is 2.29. The van der Waals surface area contributed by atoms with Crippen LogP contribution >= 0.6 is 11.6 Å². The standard InChI is InChI=1S/C12H16ClN3/c1-5-7-10(6-2)14-12-9(4)8(3)11(13)15-16-12/h2,10H,5,7H2,1,3-4H3,(H,14,16). The van der Waals surface area contributed by atoms with Gasteiger partial charge in [-0.2, -0.15) is 0 Å². The number of nitrogens with zero attached hydrogens (tertiary/aromatic N) is 2. The molecule has 1 unspecified atom stereocenters. The fraction of sp³-hybridized carbons (Fsp3) is 0.500. The normalized spacial score (nSPS) is 11.9. The summed E-state index contributed by atoms with van der Waals surface area (Å²) in [6.45, 7) is 5.97. The first kappa shape index (κ1) is 12.8. The van der Waals surface area contributed by atoms with Crippen LogP contribution in [0.4, 0.5) is 5.82 Å². The SMILES string of the molecule is C#CC(CCC)Nc1nnc(Cl)c(C)c1C. The molecule has 0 saturated carbocycles. The molecule has 1 aromatic heterocycles. The van der Waals surface area contributed by atoms with E-state index in [9.17, 15) is 0 Å². The van der Waals surface area contributed by atoms with Gasteiger partial charge < -0.3 is 5.32 Å². The van der Waals surface area contributed by atoms with Crippen molar-refractivity contribution in [2.45, 2.75) is 39.7 Å². The van der Waals surface area contributed by atoms with Crippen LogP contribution in [0.15, 0.2) is 0 Å². The first-order chi connectivity index (χ1) is 7.60. The van der Waals surface area contributed by atoms with Gasteiger partial charge in [0.2, 0.25) is 0 Å². The smallest absolute Gasteiger partial charge is 0.155 e. The van der Waals surface area contributed by atoms with Gasteiger partial charge in [0.25, 0.3) is 0 Å². The minimum atomic E-state index is -0.00132. The van der Waals surface area contributed by atoms with Gasteiger partial charge in [-0.3, -0.25) is 0 Å². The minimum Gasteiger partial charge on any atom is -0.355 e. The molecule has 0 fully saturated rings. The molecule has 0 aliphatic rings. The van der Waals surface area contributed by atoms with Crippen LogP contribution in [0.2, 0.25) is 5.15 Å². The molecule has 4 heteroatoms. The second-order valence-electron chi connectivity index (χ2n) is 3.74. The Bertz CT molecular complexity index is 409. The summed E-state index contributed by atoms with van der Waals surface area (Å²) in [5, 5.41) is 11.5. The molecule has 3 nitrogen and oxygen atoms in total. The number of hydrogen-bond acceptors (Lipinski definition) is 3. The first-order valence-electron chi connectivity index (χ1n) is 5.32. The highest BCUT2D eigenvalue weighted by atomic mass is 35.5. The second-order valence-corrected chi connectivity index (χ2v) is 4.10. The fourth-order valence-corrected chi connectivity index (χ4v) is 1.54. The summed E-state index contributed by atoms with van der Waals surface area (Å²) in [5.41, 5.74) is 1.93. The number of hydrogen-bond donors (Lipinski definition) is 1. The number of rotatable bonds is 4. The highest BCUT2D eigenvalue weighted by Gasteiger charge is 2.11. The summed E-state index contributed by atoms with van der Waals surface area (Å²) in [6, 6.07) is -0.00132. The van der Waals surface area contributed by atoms with Gasteiger partial charge in [-0.1, -0.05) is 30.9 Å². The Morgan fingerprint density at radius 2 is 2.06 bits per heavy atom. The third kappa shape index (κ3) is 2.86. The number of anilines is 1. The predicted octanol–water partition coefficient (Wildman–Crippen LogP) is 2.96. The van der Waals surface area contributed by atoms with Gasteiger partial charge in [0.1, 0.15) is 0 Å². The molecule has 1 aromatic rings. The van der Waals surface area contributed by atoms with Crippen molar-refractivity contribution in [2.75, 3.05) is 5.32 Å². The van der Waals surface area contributed by atoms with Crippen molar-refractivity contribution in [2.24, 2.45) is 0 Å². The Morgan fingerprint density at radius 1 is 1.38 bits per heavy atom. The molecular formula is C12H16ClN3. The molecule has 0 aromatic carbocycles. The van der Waals surface area contributed by atoms with Gasteiger partial charge in [0, 0.05) is 0 Å². The molecule has 0 aliphatic carbocycles. The Balaban J connectivity index is 2.90. The van der Waals surface area contributed by atoms with Crippen molar-refractivity contribution in [3.8, 4) is 12.3 Å². The lowest BCUT2D eigenvalue weighted by Gasteiger charge is -2.15. The van der Waals surface area contributed by atoms with Crippen LogP contribution < -0.4 is 5.32 Å². The number of terminal acetylenes is 1. The molecule has 1 rings (SSSR count). The summed E-state index contributed by atoms with van der Waals surface area (Å²) in [4.78, 5) is 0. The molecule has 86 valence electrons. The lowest BCUT2D eigenvalue weighted by Crippen LogP contribution is -2.19. The van der Waals surface area contributed by atoms with Crippen LogP contribution in [0.5, 0.6) is 0 Å². The van der Waals surface area contributed by atoms with Gasteiger partial charge in [-0.05, 0) is 31.4 Å². The maximum Gasteiger partial charge on any atom is 0.155 e. The molecule has 0 saturated heterocycles. The van der Waals surface area contributed by atoms with E-state index < -0.39 is 0 Å². The number of nitrogens with one attached hydrogen (secondary N) is 1. The zero-order chi connectivity index (χ0) is 12.1. The third-order valence-corrected chi connectivity index (χ3v) is 2.91. The van der Waals surface area contributed by atoms with Crippen LogP contribution in [0.25, 0.3) is 0 Å². The van der Waals surface area contributed by atoms with E-state index in [1.807, 2.05) is 13.8 Å². The summed E-state index contributed by atoms with van der Waals surface area (Å²) in [5.74, 6) is 3.42. The summed E-state index contributed by atoms with van der Waals surface area (Å²) in [7, 11) is 0. The van der Waals surface area contributed by atoms with Crippen molar-refractivity contribution in [1.29, 1.82) is 0 Å². The summed E-state index contributed by atoms with van der Waals surface area (Å²) >= 11 is 5.88. The highest BCUT2D eigenvalue weighted by Crippen LogP contribution is 2.21. The van der Waals surface area contributed by atoms with Crippen molar-refractivity contribution in [3.05, 3.63) is 16.3 Å². The van der Waals surface area contributed by atoms with Gasteiger partial charge in [-0.15, -0.1) is 16.6 Å². The molecule has 1 atom stereocenters. The van der Waals surface area contributed by atoms with E-state index in [1.54, 1.807) is 0 Å². The van der Waals surface area contributed by atoms with Crippen molar-refractivity contribution < 1.29 is 0 Å². The Kier molecular flexibility index (Phi) is 4.57. The van der Waals surface area contributed by atoms with Gasteiger partial charge in [-0.25, -0.2) is 0 Å². The average molecular weight is 238 g/mol. The van der Waals surface area contributed by atoms with Crippen LogP contribution in [0, 0.1) is 26.2 Å². The topological polar surface area (TPSA) is 37.8 Å². The zero-order valence-corrected chi connectivity index (χ0v) is 10.6. The highest BCUT2D eigenvalue weighted by molar-refractivity contribution is 6.30. The summed E-state index contributed by atoms with van der Waals surface area (Å²) in [6.07, 6.45) is 7.38. The minimum absolute atomic E-state index is 0.00132. The van der Waals surface area contributed by atoms with Gasteiger partial charge in [0.15, 0.2) is 11.0 Å². The largest absolute Gasteiger partial charge is 0.355 e. The van der Waals surface area contributed by atoms with E-state index in [2.05, 4.69) is 28.4 Å². The monoisotopic (exact) mass is 237 g/mol. The fourth-order valence-electron chi connectivity index (χ4n) is 1.36. The first-order valence-corrected chi connectivity index (χ1v) is 5.70. The third-order valence-electron chi connectivity index (χ3n) is 2.55. The molecule has 16 heavy (non-hydrogen) atoms. The lowest BCUT2D eigenvalue weighted by atomic mass is 10.1. The molecular weight excluding hydrogens is 222 g/mol. The van der Waals surface area contributed by atoms with Crippen molar-refractivity contribution >= 4 is 17.4 Å². The van der Waals surface area contributed by atoms with E-state index in [0.717, 1.165) is 29.8 Å². The lowest BCUT2D eigenvalue weighted by molar-refractivity contribution is 0.748. The van der Waals surface area contributed by atoms with Crippen molar-refractivity contribution in [1.82, 2.24) is 10.2 Å². The molecule has 1 heterocycles. The second kappa shape index (κ2) is 5.72. The van der Waals surface area contributed by atoms with Gasteiger partial charge >= 0.3 is 0 Å². The molecule has 1 N–H and O–H groups in total. The van der Waals surface area contributed by atoms with Crippen molar-refractivity contribution in [3.63, 3.8) is 0 Å². The molecule has 0 aliphatic heterocycles. The maximum absolute atomic E-state index is 5.88. The van der Waals surface area contributed by atoms with E-state index in [-0.39, 0.29) is 6.04 Å². The quantitative estimate of drug-likeness (QED) is 0.819. The maximum atomic E-state index is 5.88. The van der Waals surface area contributed by atoms with E-state index in [4.69, 9.17) is 18.0 Å². The van der Waals surface area contributed by atoms with E-state index in [1.165, 1.54) is 0 Å². The number of aromatic nitrogens is 2. The number of halogens is 1. The zero-order valence-electron chi connectivity index (χ0n) is 9.84. The van der Waals surface area contributed by atoms with Crippen LogP contribution in [-0.4, -0.2) is 16.2 Å². The Labute approximate surface area is 102 Å². The molecule has 0 amide bonds. The predicted molar refractivity (Wildman–Crippen MR) is 67.7 cm³/mol. The van der Waals surface area contributed by atoms with E-state index >= 15 is 0 Å². The van der Waals surface area contributed by atoms with E-state index in [0.29, 0.717) is 5.15 Å². The van der Waals surface area contributed by atoms with Gasteiger partial charge in [0.05, 0.1) is 6.04 Å². The molecule has 0 spiro atoms. The summed E-state index contributed by atoms with van der Waals surface area (Å²) < 4.78 is 0. The molecule has 0 bridgehead atoms.